The smallest absolute Gasteiger partial charge is 0.0734 e. The van der Waals surface area contributed by atoms with Gasteiger partial charge in [0.05, 0.1) is 5.69 Å². The molecule has 1 saturated heterocycles. The summed E-state index contributed by atoms with van der Waals surface area (Å²) in [4.78, 5) is 9.02. The number of nitrogens with one attached hydrogen (secondary N) is 1. The molecule has 1 fully saturated rings. The highest BCUT2D eigenvalue weighted by molar-refractivity contribution is 6.22. The molecule has 3 N–H and O–H groups in total. The van der Waals surface area contributed by atoms with Gasteiger partial charge in [-0.3, -0.25) is 9.98 Å². The van der Waals surface area contributed by atoms with Crippen LogP contribution in [0, 0.1) is 5.92 Å². The van der Waals surface area contributed by atoms with Gasteiger partial charge in [-0.05, 0) is 50.9 Å². The molecule has 0 atom stereocenters. The van der Waals surface area contributed by atoms with Crippen LogP contribution in [0.2, 0.25) is 0 Å². The zero-order chi connectivity index (χ0) is 13.5. The van der Waals surface area contributed by atoms with E-state index in [0.29, 0.717) is 5.92 Å². The Kier molecular flexibility index (Phi) is 5.10. The third-order valence-corrected chi connectivity index (χ3v) is 3.54. The third kappa shape index (κ3) is 3.89. The van der Waals surface area contributed by atoms with Gasteiger partial charge in [0, 0.05) is 30.2 Å². The number of aliphatic imine (C=N–C) groups is 1. The van der Waals surface area contributed by atoms with Crippen molar-refractivity contribution in [3.8, 4) is 0 Å². The summed E-state index contributed by atoms with van der Waals surface area (Å²) in [5.41, 5.74) is 8.50. The zero-order valence-corrected chi connectivity index (χ0v) is 11.5. The molecule has 1 aromatic rings. The number of allylic oxidation sites excluding steroid dienone is 1. The van der Waals surface area contributed by atoms with Crippen LogP contribution in [0.25, 0.3) is 5.57 Å². The second-order valence-electron chi connectivity index (χ2n) is 4.91. The van der Waals surface area contributed by atoms with Crippen molar-refractivity contribution in [2.75, 3.05) is 19.6 Å². The molecule has 1 aliphatic rings. The summed E-state index contributed by atoms with van der Waals surface area (Å²) in [7, 11) is 0. The first-order valence-corrected chi connectivity index (χ1v) is 6.86. The van der Waals surface area contributed by atoms with Crippen LogP contribution in [0.4, 0.5) is 0 Å². The number of hydrogen-bond donors (Lipinski definition) is 2. The molecule has 2 rings (SSSR count). The van der Waals surface area contributed by atoms with Crippen molar-refractivity contribution in [2.24, 2.45) is 16.6 Å². The topological polar surface area (TPSA) is 63.3 Å². The Morgan fingerprint density at radius 3 is 2.89 bits per heavy atom. The van der Waals surface area contributed by atoms with Crippen molar-refractivity contribution in [3.63, 3.8) is 0 Å². The molecule has 2 heterocycles. The Hall–Kier alpha value is -1.68. The summed E-state index contributed by atoms with van der Waals surface area (Å²) < 4.78 is 0. The van der Waals surface area contributed by atoms with E-state index in [-0.39, 0.29) is 0 Å². The highest BCUT2D eigenvalue weighted by Gasteiger charge is 2.13. The van der Waals surface area contributed by atoms with Crippen molar-refractivity contribution in [2.45, 2.75) is 19.8 Å². The standard InChI is InChI=1S/C15H22N4/c1-12(19-11-13-5-8-17-9-6-13)14(10-16)15-4-2-3-7-18-15/h2-4,7,10,13,17H,5-6,8-9,11,16H2,1H3/b14-10+,19-12?. The van der Waals surface area contributed by atoms with E-state index < -0.39 is 0 Å². The van der Waals surface area contributed by atoms with Crippen molar-refractivity contribution >= 4 is 11.3 Å². The first kappa shape index (κ1) is 13.7. The molecule has 1 aromatic heterocycles. The maximum Gasteiger partial charge on any atom is 0.0734 e. The zero-order valence-electron chi connectivity index (χ0n) is 11.5. The second-order valence-corrected chi connectivity index (χ2v) is 4.91. The van der Waals surface area contributed by atoms with E-state index in [0.717, 1.165) is 36.6 Å². The number of piperidine rings is 1. The van der Waals surface area contributed by atoms with Crippen molar-refractivity contribution in [1.82, 2.24) is 10.3 Å². The minimum absolute atomic E-state index is 0.693. The van der Waals surface area contributed by atoms with Crippen LogP contribution in [0.3, 0.4) is 0 Å². The lowest BCUT2D eigenvalue weighted by Gasteiger charge is -2.21. The first-order valence-electron chi connectivity index (χ1n) is 6.86. The van der Waals surface area contributed by atoms with Gasteiger partial charge in [-0.2, -0.15) is 0 Å². The van der Waals surface area contributed by atoms with Gasteiger partial charge in [-0.15, -0.1) is 0 Å². The lowest BCUT2D eigenvalue weighted by molar-refractivity contribution is 0.383. The molecule has 19 heavy (non-hydrogen) atoms. The number of nitrogens with two attached hydrogens (primary N) is 1. The van der Waals surface area contributed by atoms with E-state index in [9.17, 15) is 0 Å². The van der Waals surface area contributed by atoms with Gasteiger partial charge in [0.2, 0.25) is 0 Å². The predicted octanol–water partition coefficient (Wildman–Crippen LogP) is 1.84. The number of nitrogens with zero attached hydrogens (tertiary/aromatic N) is 2. The molecule has 4 heteroatoms. The minimum atomic E-state index is 0.693. The summed E-state index contributed by atoms with van der Waals surface area (Å²) in [6.45, 7) is 5.12. The maximum absolute atomic E-state index is 5.72. The fraction of sp³-hybridized carbons (Fsp3) is 0.467. The van der Waals surface area contributed by atoms with Crippen molar-refractivity contribution < 1.29 is 0 Å². The summed E-state index contributed by atoms with van der Waals surface area (Å²) in [5.74, 6) is 0.693. The lowest BCUT2D eigenvalue weighted by atomic mass is 9.98. The van der Waals surface area contributed by atoms with Crippen LogP contribution >= 0.6 is 0 Å². The van der Waals surface area contributed by atoms with Crippen LogP contribution in [0.5, 0.6) is 0 Å². The van der Waals surface area contributed by atoms with Gasteiger partial charge >= 0.3 is 0 Å². The average molecular weight is 258 g/mol. The van der Waals surface area contributed by atoms with Crippen LogP contribution < -0.4 is 11.1 Å². The molecule has 0 saturated carbocycles. The number of pyridine rings is 1. The fourth-order valence-corrected chi connectivity index (χ4v) is 2.33. The molecule has 0 spiro atoms. The molecule has 0 radical (unpaired) electrons. The van der Waals surface area contributed by atoms with Crippen LogP contribution in [-0.4, -0.2) is 30.3 Å². The van der Waals surface area contributed by atoms with E-state index in [2.05, 4.69) is 10.3 Å². The molecule has 0 amide bonds. The van der Waals surface area contributed by atoms with Crippen molar-refractivity contribution in [1.29, 1.82) is 0 Å². The van der Waals surface area contributed by atoms with E-state index in [1.807, 2.05) is 25.1 Å². The lowest BCUT2D eigenvalue weighted by Crippen LogP contribution is -2.29. The molecule has 4 nitrogen and oxygen atoms in total. The molecule has 0 bridgehead atoms. The third-order valence-electron chi connectivity index (χ3n) is 3.54. The predicted molar refractivity (Wildman–Crippen MR) is 80.0 cm³/mol. The van der Waals surface area contributed by atoms with Crippen LogP contribution in [-0.2, 0) is 0 Å². The number of aromatic nitrogens is 1. The largest absolute Gasteiger partial charge is 0.404 e. The fourth-order valence-electron chi connectivity index (χ4n) is 2.33. The minimum Gasteiger partial charge on any atom is -0.404 e. The summed E-state index contributed by atoms with van der Waals surface area (Å²) in [6, 6.07) is 5.83. The van der Waals surface area contributed by atoms with Gasteiger partial charge in [0.15, 0.2) is 0 Å². The van der Waals surface area contributed by atoms with Gasteiger partial charge in [-0.1, -0.05) is 6.07 Å². The van der Waals surface area contributed by atoms with E-state index in [4.69, 9.17) is 10.7 Å². The Morgan fingerprint density at radius 1 is 1.47 bits per heavy atom. The Bertz CT molecular complexity index is 444. The Morgan fingerprint density at radius 2 is 2.26 bits per heavy atom. The monoisotopic (exact) mass is 258 g/mol. The molecule has 0 unspecified atom stereocenters. The summed E-state index contributed by atoms with van der Waals surface area (Å²) in [5, 5.41) is 3.37. The molecule has 1 aliphatic heterocycles. The molecule has 0 aromatic carbocycles. The molecule has 0 aliphatic carbocycles. The van der Waals surface area contributed by atoms with Crippen LogP contribution in [0.1, 0.15) is 25.5 Å². The molecule has 102 valence electrons. The summed E-state index contributed by atoms with van der Waals surface area (Å²) in [6.07, 6.45) is 5.80. The van der Waals surface area contributed by atoms with Gasteiger partial charge in [0.25, 0.3) is 0 Å². The van der Waals surface area contributed by atoms with Crippen molar-refractivity contribution in [3.05, 3.63) is 36.3 Å². The number of rotatable bonds is 4. The van der Waals surface area contributed by atoms with Crippen LogP contribution in [0.15, 0.2) is 35.6 Å². The Balaban J connectivity index is 2.02. The highest BCUT2D eigenvalue weighted by Crippen LogP contribution is 2.15. The molecular formula is C15H22N4. The SMILES string of the molecule is CC(=NCC1CCNCC1)/C(=C\N)c1ccccn1. The van der Waals surface area contributed by atoms with E-state index in [1.54, 1.807) is 12.4 Å². The Labute approximate surface area is 114 Å². The highest BCUT2D eigenvalue weighted by atomic mass is 14.9. The molecular weight excluding hydrogens is 236 g/mol. The number of hydrogen-bond acceptors (Lipinski definition) is 4. The quantitative estimate of drug-likeness (QED) is 0.810. The van der Waals surface area contributed by atoms with E-state index >= 15 is 0 Å². The van der Waals surface area contributed by atoms with Gasteiger partial charge in [0.1, 0.15) is 0 Å². The maximum atomic E-state index is 5.72. The van der Waals surface area contributed by atoms with Gasteiger partial charge in [-0.25, -0.2) is 0 Å². The second kappa shape index (κ2) is 7.04. The first-order chi connectivity index (χ1) is 9.31. The van der Waals surface area contributed by atoms with Gasteiger partial charge < -0.3 is 11.1 Å². The average Bonchev–Trinajstić information content (AvgIpc) is 2.48. The van der Waals surface area contributed by atoms with E-state index in [1.165, 1.54) is 12.8 Å². The normalized spacial score (nSPS) is 18.6. The summed E-state index contributed by atoms with van der Waals surface area (Å²) >= 11 is 0.